The van der Waals surface area contributed by atoms with Gasteiger partial charge in [0.25, 0.3) is 0 Å². The molecule has 0 spiro atoms. The molecule has 0 fully saturated rings. The van der Waals surface area contributed by atoms with Crippen molar-refractivity contribution < 1.29 is 23.1 Å². The summed E-state index contributed by atoms with van der Waals surface area (Å²) in [6, 6.07) is 7.34. The monoisotopic (exact) mass is 288 g/mol. The number of alkyl halides is 3. The second-order valence-electron chi connectivity index (χ2n) is 4.47. The van der Waals surface area contributed by atoms with Gasteiger partial charge in [0.15, 0.2) is 0 Å². The van der Waals surface area contributed by atoms with Crippen molar-refractivity contribution in [2.75, 3.05) is 31.2 Å². The van der Waals surface area contributed by atoms with E-state index in [1.807, 2.05) is 29.2 Å². The third kappa shape index (κ3) is 3.63. The van der Waals surface area contributed by atoms with E-state index in [2.05, 4.69) is 9.89 Å². The summed E-state index contributed by atoms with van der Waals surface area (Å²) in [5.74, 6) is 0. The standard InChI is InChI=1S/C13H15F3N2O2/c14-13(15,16)9-20-8-7-18-6-5-11(17-19)10-3-1-2-4-12(10)18/h1-4,19H,5-9H2. The zero-order valence-electron chi connectivity index (χ0n) is 10.7. The Balaban J connectivity index is 1.97. The number of anilines is 1. The van der Waals surface area contributed by atoms with Crippen LogP contribution in [0.15, 0.2) is 29.4 Å². The molecule has 1 aromatic carbocycles. The maximum atomic E-state index is 12.0. The minimum atomic E-state index is -4.30. The Bertz CT molecular complexity index is 489. The highest BCUT2D eigenvalue weighted by Gasteiger charge is 2.27. The smallest absolute Gasteiger partial charge is 0.411 e. The van der Waals surface area contributed by atoms with Gasteiger partial charge < -0.3 is 14.8 Å². The molecular formula is C13H15F3N2O2. The van der Waals surface area contributed by atoms with E-state index in [1.54, 1.807) is 0 Å². The molecule has 110 valence electrons. The van der Waals surface area contributed by atoms with E-state index >= 15 is 0 Å². The number of hydrogen-bond donors (Lipinski definition) is 1. The van der Waals surface area contributed by atoms with E-state index in [-0.39, 0.29) is 6.61 Å². The van der Waals surface area contributed by atoms with Gasteiger partial charge in [-0.2, -0.15) is 13.2 Å². The maximum absolute atomic E-state index is 12.0. The predicted molar refractivity (Wildman–Crippen MR) is 68.5 cm³/mol. The summed E-state index contributed by atoms with van der Waals surface area (Å²) in [5, 5.41) is 12.2. The summed E-state index contributed by atoms with van der Waals surface area (Å²) >= 11 is 0. The first-order valence-corrected chi connectivity index (χ1v) is 6.21. The van der Waals surface area contributed by atoms with Gasteiger partial charge >= 0.3 is 6.18 Å². The van der Waals surface area contributed by atoms with Gasteiger partial charge in [0.1, 0.15) is 6.61 Å². The first-order valence-electron chi connectivity index (χ1n) is 6.21. The average molecular weight is 288 g/mol. The van der Waals surface area contributed by atoms with Gasteiger partial charge in [-0.15, -0.1) is 0 Å². The van der Waals surface area contributed by atoms with Gasteiger partial charge in [-0.1, -0.05) is 23.4 Å². The quantitative estimate of drug-likeness (QED) is 0.526. The summed E-state index contributed by atoms with van der Waals surface area (Å²) < 4.78 is 40.5. The number of para-hydroxylation sites is 1. The van der Waals surface area contributed by atoms with Crippen molar-refractivity contribution in [3.05, 3.63) is 29.8 Å². The van der Waals surface area contributed by atoms with E-state index in [4.69, 9.17) is 5.21 Å². The molecule has 1 N–H and O–H groups in total. The summed E-state index contributed by atoms with van der Waals surface area (Å²) in [5.41, 5.74) is 2.24. The molecule has 0 atom stereocenters. The van der Waals surface area contributed by atoms with Crippen LogP contribution >= 0.6 is 0 Å². The van der Waals surface area contributed by atoms with Crippen molar-refractivity contribution in [1.82, 2.24) is 0 Å². The SMILES string of the molecule is ON=C1CCN(CCOCC(F)(F)F)c2ccccc21. The number of halogens is 3. The van der Waals surface area contributed by atoms with Crippen LogP contribution in [-0.2, 0) is 4.74 Å². The fourth-order valence-electron chi connectivity index (χ4n) is 2.19. The van der Waals surface area contributed by atoms with Crippen molar-refractivity contribution in [2.45, 2.75) is 12.6 Å². The van der Waals surface area contributed by atoms with Crippen molar-refractivity contribution in [3.63, 3.8) is 0 Å². The van der Waals surface area contributed by atoms with Crippen LogP contribution < -0.4 is 4.90 Å². The van der Waals surface area contributed by atoms with Crippen LogP contribution in [0.2, 0.25) is 0 Å². The van der Waals surface area contributed by atoms with Crippen LogP contribution in [0.1, 0.15) is 12.0 Å². The minimum absolute atomic E-state index is 0.000550. The summed E-state index contributed by atoms with van der Waals surface area (Å²) in [7, 11) is 0. The normalized spacial score (nSPS) is 17.4. The molecule has 2 rings (SSSR count). The Morgan fingerprint density at radius 2 is 2.05 bits per heavy atom. The molecule has 1 heterocycles. The minimum Gasteiger partial charge on any atom is -0.411 e. The summed E-state index contributed by atoms with van der Waals surface area (Å²) in [6.45, 7) is -0.275. The Morgan fingerprint density at radius 3 is 2.75 bits per heavy atom. The number of rotatable bonds is 4. The van der Waals surface area contributed by atoms with Gasteiger partial charge in [-0.3, -0.25) is 0 Å². The molecule has 0 aliphatic carbocycles. The van der Waals surface area contributed by atoms with Crippen molar-refractivity contribution in [1.29, 1.82) is 0 Å². The molecule has 1 aliphatic rings. The van der Waals surface area contributed by atoms with Crippen LogP contribution in [0.25, 0.3) is 0 Å². The molecular weight excluding hydrogens is 273 g/mol. The Morgan fingerprint density at radius 1 is 1.30 bits per heavy atom. The second-order valence-corrected chi connectivity index (χ2v) is 4.47. The van der Waals surface area contributed by atoms with Gasteiger partial charge in [-0.25, -0.2) is 0 Å². The number of oxime groups is 1. The molecule has 0 radical (unpaired) electrons. The lowest BCUT2D eigenvalue weighted by Gasteiger charge is -2.31. The third-order valence-electron chi connectivity index (χ3n) is 3.07. The molecule has 20 heavy (non-hydrogen) atoms. The van der Waals surface area contributed by atoms with Gasteiger partial charge in [0.05, 0.1) is 12.3 Å². The maximum Gasteiger partial charge on any atom is 0.411 e. The second kappa shape index (κ2) is 6.13. The lowest BCUT2D eigenvalue weighted by atomic mass is 10.00. The van der Waals surface area contributed by atoms with Crippen molar-refractivity contribution >= 4 is 11.4 Å². The molecule has 0 amide bonds. The van der Waals surface area contributed by atoms with Gasteiger partial charge in [-0.05, 0) is 6.07 Å². The molecule has 0 unspecified atom stereocenters. The zero-order chi connectivity index (χ0) is 14.6. The molecule has 0 bridgehead atoms. The number of fused-ring (bicyclic) bond motifs is 1. The van der Waals surface area contributed by atoms with Crippen LogP contribution in [-0.4, -0.2) is 43.4 Å². The molecule has 0 saturated carbocycles. The van der Waals surface area contributed by atoms with Crippen LogP contribution in [0.4, 0.5) is 18.9 Å². The van der Waals surface area contributed by atoms with E-state index in [0.29, 0.717) is 25.2 Å². The Labute approximate surface area is 114 Å². The van der Waals surface area contributed by atoms with Crippen molar-refractivity contribution in [2.24, 2.45) is 5.16 Å². The van der Waals surface area contributed by atoms with Crippen LogP contribution in [0.3, 0.4) is 0 Å². The fourth-order valence-corrected chi connectivity index (χ4v) is 2.19. The number of hydrogen-bond acceptors (Lipinski definition) is 4. The largest absolute Gasteiger partial charge is 0.411 e. The van der Waals surface area contributed by atoms with E-state index in [0.717, 1.165) is 11.3 Å². The van der Waals surface area contributed by atoms with E-state index < -0.39 is 12.8 Å². The number of ether oxygens (including phenoxy) is 1. The molecule has 0 aromatic heterocycles. The molecule has 7 heteroatoms. The van der Waals surface area contributed by atoms with Crippen LogP contribution in [0, 0.1) is 0 Å². The van der Waals surface area contributed by atoms with Crippen LogP contribution in [0.5, 0.6) is 0 Å². The van der Waals surface area contributed by atoms with Crippen molar-refractivity contribution in [3.8, 4) is 0 Å². The first-order chi connectivity index (χ1) is 9.51. The predicted octanol–water partition coefficient (Wildman–Crippen LogP) is 2.65. The van der Waals surface area contributed by atoms with Gasteiger partial charge in [0.2, 0.25) is 0 Å². The Hall–Kier alpha value is -1.76. The highest BCUT2D eigenvalue weighted by atomic mass is 19.4. The number of benzene rings is 1. The molecule has 0 saturated heterocycles. The average Bonchev–Trinajstić information content (AvgIpc) is 2.42. The first kappa shape index (κ1) is 14.6. The highest BCUT2D eigenvalue weighted by Crippen LogP contribution is 2.27. The third-order valence-corrected chi connectivity index (χ3v) is 3.07. The topological polar surface area (TPSA) is 45.1 Å². The van der Waals surface area contributed by atoms with E-state index in [1.165, 1.54) is 0 Å². The summed E-state index contributed by atoms with van der Waals surface area (Å²) in [4.78, 5) is 1.93. The Kier molecular flexibility index (Phi) is 4.49. The lowest BCUT2D eigenvalue weighted by Crippen LogP contribution is -2.35. The fraction of sp³-hybridized carbons (Fsp3) is 0.462. The zero-order valence-corrected chi connectivity index (χ0v) is 10.7. The van der Waals surface area contributed by atoms with E-state index in [9.17, 15) is 13.2 Å². The molecule has 4 nitrogen and oxygen atoms in total. The van der Waals surface area contributed by atoms with Gasteiger partial charge in [0, 0.05) is 30.8 Å². The lowest BCUT2D eigenvalue weighted by molar-refractivity contribution is -0.173. The summed E-state index contributed by atoms with van der Waals surface area (Å²) in [6.07, 6.45) is -3.75. The molecule has 1 aromatic rings. The molecule has 1 aliphatic heterocycles. The number of nitrogens with zero attached hydrogens (tertiary/aromatic N) is 2. The highest BCUT2D eigenvalue weighted by molar-refractivity contribution is 6.06.